The van der Waals surface area contributed by atoms with Gasteiger partial charge in [0.1, 0.15) is 0 Å². The molecule has 0 bridgehead atoms. The molecule has 0 saturated heterocycles. The van der Waals surface area contributed by atoms with Gasteiger partial charge >= 0.3 is 6.03 Å². The van der Waals surface area contributed by atoms with E-state index in [1.54, 1.807) is 18.2 Å². The second-order valence-electron chi connectivity index (χ2n) is 6.89. The van der Waals surface area contributed by atoms with Crippen molar-refractivity contribution in [2.45, 2.75) is 51.0 Å². The van der Waals surface area contributed by atoms with E-state index in [4.69, 9.17) is 0 Å². The average Bonchev–Trinajstić information content (AvgIpc) is 2.79. The van der Waals surface area contributed by atoms with E-state index in [2.05, 4.69) is 26.6 Å². The topological polar surface area (TPSA) is 78.5 Å². The van der Waals surface area contributed by atoms with Crippen LogP contribution in [0.2, 0.25) is 0 Å². The highest BCUT2D eigenvalue weighted by Crippen LogP contribution is 2.26. The van der Waals surface area contributed by atoms with E-state index in [0.717, 1.165) is 17.3 Å². The van der Waals surface area contributed by atoms with Crippen molar-refractivity contribution in [1.82, 2.24) is 15.5 Å². The third-order valence-electron chi connectivity index (χ3n) is 4.97. The molecule has 2 N–H and O–H groups in total. The first-order valence-corrected chi connectivity index (χ1v) is 10.1. The van der Waals surface area contributed by atoms with Gasteiger partial charge in [0.2, 0.25) is 0 Å². The highest BCUT2D eigenvalue weighted by atomic mass is 79.9. The molecule has 1 fully saturated rings. The molecule has 4 amide bonds. The summed E-state index contributed by atoms with van der Waals surface area (Å²) in [6, 6.07) is 5.19. The summed E-state index contributed by atoms with van der Waals surface area (Å²) in [5.41, 5.74) is 0.876. The van der Waals surface area contributed by atoms with E-state index in [9.17, 15) is 14.4 Å². The Bertz CT molecular complexity index is 699. The molecule has 140 valence electrons. The number of rotatable bonds is 5. The average molecular weight is 422 g/mol. The van der Waals surface area contributed by atoms with Crippen LogP contribution in [0.1, 0.15) is 65.7 Å². The van der Waals surface area contributed by atoms with Crippen molar-refractivity contribution < 1.29 is 14.4 Å². The Morgan fingerprint density at radius 2 is 1.77 bits per heavy atom. The molecule has 26 heavy (non-hydrogen) atoms. The summed E-state index contributed by atoms with van der Waals surface area (Å²) in [6.07, 6.45) is 7.44. The minimum atomic E-state index is -0.269. The number of amides is 4. The molecule has 1 aromatic rings. The van der Waals surface area contributed by atoms with E-state index < -0.39 is 0 Å². The minimum Gasteiger partial charge on any atom is -0.338 e. The Kier molecular flexibility index (Phi) is 6.29. The zero-order valence-corrected chi connectivity index (χ0v) is 16.3. The van der Waals surface area contributed by atoms with Crippen LogP contribution in [0.15, 0.2) is 22.7 Å². The first kappa shape index (κ1) is 18.9. The predicted molar refractivity (Wildman–Crippen MR) is 102 cm³/mol. The summed E-state index contributed by atoms with van der Waals surface area (Å²) in [4.78, 5) is 37.9. The van der Waals surface area contributed by atoms with Gasteiger partial charge in [0.25, 0.3) is 11.8 Å². The van der Waals surface area contributed by atoms with E-state index in [1.165, 1.54) is 30.6 Å². The van der Waals surface area contributed by atoms with E-state index in [1.807, 2.05) is 0 Å². The molecule has 0 aromatic heterocycles. The number of hydrogen-bond acceptors (Lipinski definition) is 3. The number of carbonyl (C=O) groups excluding carboxylic acids is 3. The first-order valence-electron chi connectivity index (χ1n) is 9.26. The fourth-order valence-electron chi connectivity index (χ4n) is 3.57. The Hall–Kier alpha value is -1.89. The van der Waals surface area contributed by atoms with Crippen LogP contribution in [0, 0.1) is 0 Å². The van der Waals surface area contributed by atoms with Crippen LogP contribution in [0.3, 0.4) is 0 Å². The van der Waals surface area contributed by atoms with Crippen molar-refractivity contribution in [3.63, 3.8) is 0 Å². The van der Waals surface area contributed by atoms with Crippen LogP contribution in [-0.2, 0) is 0 Å². The van der Waals surface area contributed by atoms with Crippen molar-refractivity contribution in [1.29, 1.82) is 0 Å². The van der Waals surface area contributed by atoms with Crippen LogP contribution < -0.4 is 10.6 Å². The summed E-state index contributed by atoms with van der Waals surface area (Å²) in [5.74, 6) is -0.533. The van der Waals surface area contributed by atoms with Gasteiger partial charge in [-0.2, -0.15) is 0 Å². The molecular weight excluding hydrogens is 398 g/mol. The highest BCUT2D eigenvalue weighted by Gasteiger charge is 2.34. The minimum absolute atomic E-state index is 0.164. The molecule has 0 spiro atoms. The van der Waals surface area contributed by atoms with Gasteiger partial charge in [-0.1, -0.05) is 41.6 Å². The Morgan fingerprint density at radius 1 is 1.08 bits per heavy atom. The maximum Gasteiger partial charge on any atom is 0.315 e. The lowest BCUT2D eigenvalue weighted by molar-refractivity contribution is 0.0653. The second kappa shape index (κ2) is 8.66. The van der Waals surface area contributed by atoms with Gasteiger partial charge in [-0.3, -0.25) is 14.5 Å². The van der Waals surface area contributed by atoms with Gasteiger partial charge in [0, 0.05) is 23.6 Å². The highest BCUT2D eigenvalue weighted by molar-refractivity contribution is 9.10. The smallest absolute Gasteiger partial charge is 0.315 e. The largest absolute Gasteiger partial charge is 0.338 e. The standard InChI is InChI=1S/C19H24BrN3O3/c20-13-8-9-15-16(12-13)18(25)23(17(15)24)11-5-10-21-19(26)22-14-6-3-1-2-4-7-14/h8-9,12,14H,1-7,10-11H2,(H2,21,22,26). The number of halogens is 1. The SMILES string of the molecule is O=C(NCCCN1C(=O)c2ccc(Br)cc2C1=O)NC1CCCCCC1. The van der Waals surface area contributed by atoms with Gasteiger partial charge in [0.05, 0.1) is 11.1 Å². The number of fused-ring (bicyclic) bond motifs is 1. The lowest BCUT2D eigenvalue weighted by Crippen LogP contribution is -2.43. The monoisotopic (exact) mass is 421 g/mol. The summed E-state index contributed by atoms with van der Waals surface area (Å²) in [5, 5.41) is 5.85. The number of imide groups is 1. The molecule has 6 nitrogen and oxygen atoms in total. The maximum absolute atomic E-state index is 12.4. The van der Waals surface area contributed by atoms with Crippen molar-refractivity contribution in [2.75, 3.05) is 13.1 Å². The normalized spacial score (nSPS) is 17.8. The molecule has 0 atom stereocenters. The molecule has 7 heteroatoms. The fourth-order valence-corrected chi connectivity index (χ4v) is 3.93. The molecule has 0 unspecified atom stereocenters. The van der Waals surface area contributed by atoms with Crippen molar-refractivity contribution >= 4 is 33.8 Å². The van der Waals surface area contributed by atoms with Gasteiger partial charge in [-0.05, 0) is 37.5 Å². The Morgan fingerprint density at radius 3 is 2.50 bits per heavy atom. The fraction of sp³-hybridized carbons (Fsp3) is 0.526. The summed E-state index contributed by atoms with van der Waals surface area (Å²) in [6.45, 7) is 0.726. The van der Waals surface area contributed by atoms with E-state index in [0.29, 0.717) is 30.6 Å². The Labute approximate surface area is 161 Å². The molecule has 2 aliphatic rings. The van der Waals surface area contributed by atoms with Crippen LogP contribution in [0.4, 0.5) is 4.79 Å². The zero-order chi connectivity index (χ0) is 18.5. The maximum atomic E-state index is 12.4. The lowest BCUT2D eigenvalue weighted by Gasteiger charge is -2.17. The third kappa shape index (κ3) is 4.44. The molecular formula is C19H24BrN3O3. The number of nitrogens with zero attached hydrogens (tertiary/aromatic N) is 1. The van der Waals surface area contributed by atoms with E-state index in [-0.39, 0.29) is 23.9 Å². The predicted octanol–water partition coefficient (Wildman–Crippen LogP) is 3.46. The van der Waals surface area contributed by atoms with Crippen LogP contribution >= 0.6 is 15.9 Å². The summed E-state index contributed by atoms with van der Waals surface area (Å²) in [7, 11) is 0. The van der Waals surface area contributed by atoms with Crippen LogP contribution in [-0.4, -0.2) is 41.9 Å². The number of nitrogens with one attached hydrogen (secondary N) is 2. The summed E-state index contributed by atoms with van der Waals surface area (Å²) >= 11 is 3.32. The van der Waals surface area contributed by atoms with Gasteiger partial charge < -0.3 is 10.6 Å². The van der Waals surface area contributed by atoms with E-state index >= 15 is 0 Å². The van der Waals surface area contributed by atoms with Crippen molar-refractivity contribution in [2.24, 2.45) is 0 Å². The number of carbonyl (C=O) groups is 3. The number of benzene rings is 1. The van der Waals surface area contributed by atoms with Crippen LogP contribution in [0.5, 0.6) is 0 Å². The van der Waals surface area contributed by atoms with Crippen molar-refractivity contribution in [3.05, 3.63) is 33.8 Å². The van der Waals surface area contributed by atoms with Gasteiger partial charge in [-0.15, -0.1) is 0 Å². The molecule has 1 saturated carbocycles. The third-order valence-corrected chi connectivity index (χ3v) is 5.46. The Balaban J connectivity index is 1.42. The summed E-state index contributed by atoms with van der Waals surface area (Å²) < 4.78 is 0.774. The quantitative estimate of drug-likeness (QED) is 0.434. The first-order chi connectivity index (χ1) is 12.6. The molecule has 1 aliphatic carbocycles. The molecule has 1 aromatic carbocycles. The van der Waals surface area contributed by atoms with Gasteiger partial charge in [-0.25, -0.2) is 4.79 Å². The molecule has 1 heterocycles. The number of hydrogen-bond donors (Lipinski definition) is 2. The number of urea groups is 1. The molecule has 0 radical (unpaired) electrons. The molecule has 1 aliphatic heterocycles. The second-order valence-corrected chi connectivity index (χ2v) is 7.81. The molecule has 3 rings (SSSR count). The zero-order valence-electron chi connectivity index (χ0n) is 14.7. The van der Waals surface area contributed by atoms with Crippen LogP contribution in [0.25, 0.3) is 0 Å². The lowest BCUT2D eigenvalue weighted by atomic mass is 10.1. The van der Waals surface area contributed by atoms with Gasteiger partial charge in [0.15, 0.2) is 0 Å². The van der Waals surface area contributed by atoms with Crippen molar-refractivity contribution in [3.8, 4) is 0 Å².